The van der Waals surface area contributed by atoms with Crippen LogP contribution in [-0.4, -0.2) is 9.55 Å². The first-order chi connectivity index (χ1) is 9.72. The van der Waals surface area contributed by atoms with Crippen molar-refractivity contribution in [1.29, 1.82) is 0 Å². The lowest BCUT2D eigenvalue weighted by Gasteiger charge is -2.01. The molecule has 0 saturated heterocycles. The summed E-state index contributed by atoms with van der Waals surface area (Å²) in [5.41, 5.74) is 3.41. The number of H-pyrrole nitrogens is 1. The predicted molar refractivity (Wildman–Crippen MR) is 88.3 cm³/mol. The molecule has 2 nitrogen and oxygen atoms in total. The molecule has 20 heavy (non-hydrogen) atoms. The Morgan fingerprint density at radius 1 is 1.00 bits per heavy atom. The normalized spacial score (nSPS) is 10.7. The van der Waals surface area contributed by atoms with Crippen LogP contribution >= 0.6 is 28.1 Å². The van der Waals surface area contributed by atoms with Crippen LogP contribution in [0.3, 0.4) is 0 Å². The number of imidazole rings is 1. The van der Waals surface area contributed by atoms with Crippen molar-refractivity contribution in [3.05, 3.63) is 75.6 Å². The second-order valence-electron chi connectivity index (χ2n) is 4.59. The molecule has 0 atom stereocenters. The third-order valence-corrected chi connectivity index (χ3v) is 4.00. The van der Waals surface area contributed by atoms with Crippen molar-refractivity contribution in [2.75, 3.05) is 0 Å². The fourth-order valence-electron chi connectivity index (χ4n) is 2.11. The molecule has 0 amide bonds. The van der Waals surface area contributed by atoms with Crippen LogP contribution in [0.5, 0.6) is 0 Å². The van der Waals surface area contributed by atoms with Crippen molar-refractivity contribution in [2.24, 2.45) is 0 Å². The average Bonchev–Trinajstić information content (AvgIpc) is 2.82. The number of benzene rings is 2. The Balaban J connectivity index is 1.91. The number of aromatic amines is 1. The highest BCUT2D eigenvalue weighted by molar-refractivity contribution is 9.10. The van der Waals surface area contributed by atoms with Crippen LogP contribution in [0, 0.1) is 4.77 Å². The third-order valence-electron chi connectivity index (χ3n) is 3.14. The number of hydrogen-bond acceptors (Lipinski definition) is 1. The van der Waals surface area contributed by atoms with E-state index in [0.29, 0.717) is 0 Å². The largest absolute Gasteiger partial charge is 0.331 e. The van der Waals surface area contributed by atoms with Crippen LogP contribution < -0.4 is 0 Å². The first-order valence-corrected chi connectivity index (χ1v) is 7.52. The molecule has 1 aromatic heterocycles. The molecule has 0 fully saturated rings. The predicted octanol–water partition coefficient (Wildman–Crippen LogP) is 5.02. The maximum atomic E-state index is 5.40. The SMILES string of the molecule is S=c1[nH]c(-c2ccc(Br)cc2)cn1Cc1ccccc1. The molecule has 3 rings (SSSR count). The Morgan fingerprint density at radius 2 is 1.70 bits per heavy atom. The molecule has 0 aliphatic rings. The highest BCUT2D eigenvalue weighted by atomic mass is 79.9. The van der Waals surface area contributed by atoms with Gasteiger partial charge >= 0.3 is 0 Å². The van der Waals surface area contributed by atoms with Crippen LogP contribution in [0.1, 0.15) is 5.56 Å². The van der Waals surface area contributed by atoms with Crippen molar-refractivity contribution >= 4 is 28.1 Å². The Kier molecular flexibility index (Phi) is 3.85. The van der Waals surface area contributed by atoms with Crippen LogP contribution in [0.15, 0.2) is 65.3 Å². The van der Waals surface area contributed by atoms with E-state index in [2.05, 4.69) is 55.9 Å². The third kappa shape index (κ3) is 2.92. The van der Waals surface area contributed by atoms with Crippen LogP contribution in [0.2, 0.25) is 0 Å². The summed E-state index contributed by atoms with van der Waals surface area (Å²) in [6.07, 6.45) is 2.07. The average molecular weight is 345 g/mol. The van der Waals surface area contributed by atoms with Gasteiger partial charge in [0.05, 0.1) is 5.69 Å². The minimum atomic E-state index is 0.742. The van der Waals surface area contributed by atoms with Gasteiger partial charge in [-0.1, -0.05) is 58.4 Å². The van der Waals surface area contributed by atoms with E-state index in [1.807, 2.05) is 30.3 Å². The number of aromatic nitrogens is 2. The second-order valence-corrected chi connectivity index (χ2v) is 5.90. The molecule has 3 aromatic rings. The Labute approximate surface area is 131 Å². The number of nitrogens with one attached hydrogen (secondary N) is 1. The van der Waals surface area contributed by atoms with Gasteiger partial charge in [0, 0.05) is 17.2 Å². The Morgan fingerprint density at radius 3 is 2.40 bits per heavy atom. The zero-order chi connectivity index (χ0) is 13.9. The van der Waals surface area contributed by atoms with E-state index in [4.69, 9.17) is 12.2 Å². The van der Waals surface area contributed by atoms with Gasteiger partial charge in [-0.2, -0.15) is 0 Å². The lowest BCUT2D eigenvalue weighted by atomic mass is 10.2. The number of rotatable bonds is 3. The maximum absolute atomic E-state index is 5.40. The zero-order valence-electron chi connectivity index (χ0n) is 10.7. The van der Waals surface area contributed by atoms with E-state index in [9.17, 15) is 0 Å². The number of hydrogen-bond donors (Lipinski definition) is 1. The first kappa shape index (κ1) is 13.3. The highest BCUT2D eigenvalue weighted by Crippen LogP contribution is 2.20. The van der Waals surface area contributed by atoms with Crippen LogP contribution in [-0.2, 0) is 6.54 Å². The lowest BCUT2D eigenvalue weighted by molar-refractivity contribution is 0.784. The summed E-state index contributed by atoms with van der Waals surface area (Å²) in [6, 6.07) is 18.5. The van der Waals surface area contributed by atoms with Gasteiger partial charge in [-0.15, -0.1) is 0 Å². The van der Waals surface area contributed by atoms with E-state index in [-0.39, 0.29) is 0 Å². The maximum Gasteiger partial charge on any atom is 0.177 e. The molecule has 0 radical (unpaired) electrons. The van der Waals surface area contributed by atoms with Gasteiger partial charge in [-0.25, -0.2) is 0 Å². The van der Waals surface area contributed by atoms with Gasteiger partial charge in [0.15, 0.2) is 4.77 Å². The Bertz CT molecular complexity index is 757. The van der Waals surface area contributed by atoms with Gasteiger partial charge in [-0.05, 0) is 35.5 Å². The van der Waals surface area contributed by atoms with E-state index >= 15 is 0 Å². The van der Waals surface area contributed by atoms with Gasteiger partial charge in [-0.3, -0.25) is 0 Å². The van der Waals surface area contributed by atoms with Gasteiger partial charge in [0.1, 0.15) is 0 Å². The number of halogens is 1. The molecule has 1 heterocycles. The molecule has 4 heteroatoms. The molecule has 0 spiro atoms. The van der Waals surface area contributed by atoms with Crippen molar-refractivity contribution in [2.45, 2.75) is 6.54 Å². The topological polar surface area (TPSA) is 20.7 Å². The molecular formula is C16H13BrN2S. The van der Waals surface area contributed by atoms with Crippen molar-refractivity contribution < 1.29 is 0 Å². The van der Waals surface area contributed by atoms with E-state index < -0.39 is 0 Å². The summed E-state index contributed by atoms with van der Waals surface area (Å²) in [5, 5.41) is 0. The van der Waals surface area contributed by atoms with Crippen LogP contribution in [0.4, 0.5) is 0 Å². The first-order valence-electron chi connectivity index (χ1n) is 6.32. The highest BCUT2D eigenvalue weighted by Gasteiger charge is 2.04. The standard InChI is InChI=1S/C16H13BrN2S/c17-14-8-6-13(7-9-14)15-11-19(16(20)18-15)10-12-4-2-1-3-5-12/h1-9,11H,10H2,(H,18,20). The molecule has 100 valence electrons. The lowest BCUT2D eigenvalue weighted by Crippen LogP contribution is -1.97. The van der Waals surface area contributed by atoms with Gasteiger partial charge < -0.3 is 9.55 Å². The molecular weight excluding hydrogens is 332 g/mol. The van der Waals surface area contributed by atoms with Gasteiger partial charge in [0.2, 0.25) is 0 Å². The molecule has 1 N–H and O–H groups in total. The summed E-state index contributed by atoms with van der Waals surface area (Å²) < 4.78 is 3.87. The number of nitrogens with zero attached hydrogens (tertiary/aromatic N) is 1. The molecule has 0 saturated carbocycles. The summed E-state index contributed by atoms with van der Waals surface area (Å²) in [6.45, 7) is 0.784. The van der Waals surface area contributed by atoms with Crippen LogP contribution in [0.25, 0.3) is 11.3 Å². The minimum absolute atomic E-state index is 0.742. The van der Waals surface area contributed by atoms with Crippen molar-refractivity contribution in [3.63, 3.8) is 0 Å². The summed E-state index contributed by atoms with van der Waals surface area (Å²) >= 11 is 8.84. The summed E-state index contributed by atoms with van der Waals surface area (Å²) in [7, 11) is 0. The summed E-state index contributed by atoms with van der Waals surface area (Å²) in [5.74, 6) is 0. The Hall–Kier alpha value is -1.65. The second kappa shape index (κ2) is 5.77. The summed E-state index contributed by atoms with van der Waals surface area (Å²) in [4.78, 5) is 3.26. The smallest absolute Gasteiger partial charge is 0.177 e. The van der Waals surface area contributed by atoms with E-state index in [1.54, 1.807) is 0 Å². The zero-order valence-corrected chi connectivity index (χ0v) is 13.1. The quantitative estimate of drug-likeness (QED) is 0.661. The fraction of sp³-hybridized carbons (Fsp3) is 0.0625. The van der Waals surface area contributed by atoms with Gasteiger partial charge in [0.25, 0.3) is 0 Å². The molecule has 0 bridgehead atoms. The van der Waals surface area contributed by atoms with E-state index in [1.165, 1.54) is 5.56 Å². The fourth-order valence-corrected chi connectivity index (χ4v) is 2.60. The monoisotopic (exact) mass is 344 g/mol. The molecule has 2 aromatic carbocycles. The van der Waals surface area contributed by atoms with E-state index in [0.717, 1.165) is 27.0 Å². The minimum Gasteiger partial charge on any atom is -0.331 e. The molecule has 0 aliphatic heterocycles. The van der Waals surface area contributed by atoms with Crippen molar-refractivity contribution in [1.82, 2.24) is 9.55 Å². The van der Waals surface area contributed by atoms with Crippen molar-refractivity contribution in [3.8, 4) is 11.3 Å². The molecule has 0 aliphatic carbocycles. The molecule has 0 unspecified atom stereocenters.